The summed E-state index contributed by atoms with van der Waals surface area (Å²) in [5, 5.41) is 4.08. The lowest BCUT2D eigenvalue weighted by Gasteiger charge is -2.00. The van der Waals surface area contributed by atoms with Gasteiger partial charge < -0.3 is 0 Å². The van der Waals surface area contributed by atoms with E-state index in [-0.39, 0.29) is 5.78 Å². The fraction of sp³-hybridized carbons (Fsp3) is 0.231. The Morgan fingerprint density at radius 1 is 1.47 bits per heavy atom. The van der Waals surface area contributed by atoms with Gasteiger partial charge in [0.1, 0.15) is 0 Å². The van der Waals surface area contributed by atoms with Crippen molar-refractivity contribution in [2.24, 2.45) is 7.05 Å². The van der Waals surface area contributed by atoms with Crippen molar-refractivity contribution in [3.8, 4) is 0 Å². The number of benzene rings is 1. The quantitative estimate of drug-likeness (QED) is 0.812. The summed E-state index contributed by atoms with van der Waals surface area (Å²) in [6, 6.07) is 7.49. The first kappa shape index (κ1) is 12.0. The van der Waals surface area contributed by atoms with Gasteiger partial charge in [-0.05, 0) is 24.1 Å². The molecule has 0 fully saturated rings. The number of hydrogen-bond acceptors (Lipinski definition) is 2. The van der Waals surface area contributed by atoms with Crippen molar-refractivity contribution >= 4 is 21.7 Å². The van der Waals surface area contributed by atoms with Crippen LogP contribution in [0, 0.1) is 0 Å². The van der Waals surface area contributed by atoms with Crippen molar-refractivity contribution in [2.45, 2.75) is 12.8 Å². The van der Waals surface area contributed by atoms with E-state index in [2.05, 4.69) is 21.0 Å². The van der Waals surface area contributed by atoms with Crippen molar-refractivity contribution in [3.63, 3.8) is 0 Å². The number of ketones is 1. The minimum atomic E-state index is 0.162. The van der Waals surface area contributed by atoms with Gasteiger partial charge in [0.25, 0.3) is 0 Å². The molecule has 0 spiro atoms. The number of rotatable bonds is 4. The maximum atomic E-state index is 11.9. The molecule has 0 aliphatic carbocycles. The highest BCUT2D eigenvalue weighted by molar-refractivity contribution is 9.10. The lowest BCUT2D eigenvalue weighted by molar-refractivity contribution is 0.0983. The highest BCUT2D eigenvalue weighted by Gasteiger charge is 2.07. The molecule has 0 saturated carbocycles. The molecule has 0 N–H and O–H groups in total. The van der Waals surface area contributed by atoms with Crippen LogP contribution in [0.2, 0.25) is 0 Å². The molecule has 1 aromatic heterocycles. The van der Waals surface area contributed by atoms with Gasteiger partial charge in [-0.3, -0.25) is 9.48 Å². The van der Waals surface area contributed by atoms with Crippen molar-refractivity contribution < 1.29 is 4.79 Å². The molecule has 0 amide bonds. The third-order valence-electron chi connectivity index (χ3n) is 2.55. The molecule has 4 heteroatoms. The Hall–Kier alpha value is -1.42. The topological polar surface area (TPSA) is 34.9 Å². The Kier molecular flexibility index (Phi) is 3.74. The monoisotopic (exact) mass is 292 g/mol. The second kappa shape index (κ2) is 5.27. The van der Waals surface area contributed by atoms with E-state index in [0.717, 1.165) is 22.0 Å². The lowest BCUT2D eigenvalue weighted by atomic mass is 10.0. The van der Waals surface area contributed by atoms with Crippen LogP contribution in [-0.2, 0) is 13.5 Å². The molecule has 0 saturated heterocycles. The van der Waals surface area contributed by atoms with Crippen LogP contribution in [-0.4, -0.2) is 15.6 Å². The summed E-state index contributed by atoms with van der Waals surface area (Å²) in [6.45, 7) is 0. The Morgan fingerprint density at radius 3 is 2.94 bits per heavy atom. The molecule has 3 nitrogen and oxygen atoms in total. The molecule has 0 radical (unpaired) electrons. The van der Waals surface area contributed by atoms with Gasteiger partial charge in [0.05, 0.1) is 6.20 Å². The van der Waals surface area contributed by atoms with Gasteiger partial charge in [-0.1, -0.05) is 28.1 Å². The Bertz CT molecular complexity index is 534. The van der Waals surface area contributed by atoms with Crippen LogP contribution in [0.3, 0.4) is 0 Å². The van der Waals surface area contributed by atoms with Crippen LogP contribution in [0.4, 0.5) is 0 Å². The van der Waals surface area contributed by atoms with E-state index in [9.17, 15) is 4.79 Å². The maximum Gasteiger partial charge on any atom is 0.163 e. The molecule has 0 aliphatic heterocycles. The Labute approximate surface area is 109 Å². The second-order valence-electron chi connectivity index (χ2n) is 3.96. The predicted octanol–water partition coefficient (Wildman–Crippen LogP) is 3.00. The van der Waals surface area contributed by atoms with Gasteiger partial charge in [0.15, 0.2) is 5.78 Å². The normalized spacial score (nSPS) is 10.5. The number of carbonyl (C=O) groups excluding carboxylic acids is 1. The van der Waals surface area contributed by atoms with Crippen LogP contribution >= 0.6 is 15.9 Å². The first-order chi connectivity index (χ1) is 8.15. The molecule has 0 atom stereocenters. The largest absolute Gasteiger partial charge is 0.294 e. The van der Waals surface area contributed by atoms with Gasteiger partial charge in [0, 0.05) is 29.7 Å². The van der Waals surface area contributed by atoms with Crippen molar-refractivity contribution in [3.05, 3.63) is 52.3 Å². The van der Waals surface area contributed by atoms with E-state index < -0.39 is 0 Å². The SMILES string of the molecule is Cn1cc(CCC(=O)c2cccc(Br)c2)cn1. The fourth-order valence-electron chi connectivity index (χ4n) is 1.67. The zero-order chi connectivity index (χ0) is 12.3. The van der Waals surface area contributed by atoms with Gasteiger partial charge in [0.2, 0.25) is 0 Å². The predicted molar refractivity (Wildman–Crippen MR) is 70.0 cm³/mol. The number of nitrogens with zero attached hydrogens (tertiary/aromatic N) is 2. The molecule has 17 heavy (non-hydrogen) atoms. The highest BCUT2D eigenvalue weighted by atomic mass is 79.9. The first-order valence-corrected chi connectivity index (χ1v) is 6.21. The van der Waals surface area contributed by atoms with Gasteiger partial charge >= 0.3 is 0 Å². The molecule has 0 bridgehead atoms. The summed E-state index contributed by atoms with van der Waals surface area (Å²) in [5.41, 5.74) is 1.85. The molecule has 2 rings (SSSR count). The van der Waals surface area contributed by atoms with Crippen LogP contribution < -0.4 is 0 Å². The van der Waals surface area contributed by atoms with Gasteiger partial charge in [-0.25, -0.2) is 0 Å². The van der Waals surface area contributed by atoms with E-state index in [1.54, 1.807) is 10.9 Å². The molecule has 2 aromatic rings. The van der Waals surface area contributed by atoms with Gasteiger partial charge in [-0.2, -0.15) is 5.10 Å². The molecule has 88 valence electrons. The summed E-state index contributed by atoms with van der Waals surface area (Å²) < 4.78 is 2.68. The average molecular weight is 293 g/mol. The summed E-state index contributed by atoms with van der Waals surface area (Å²) in [6.07, 6.45) is 4.99. The number of Topliss-reactive ketones (excluding diaryl/α,β-unsaturated/α-hetero) is 1. The maximum absolute atomic E-state index is 11.9. The standard InChI is InChI=1S/C13H13BrN2O/c1-16-9-10(8-15-16)5-6-13(17)11-3-2-4-12(14)7-11/h2-4,7-9H,5-6H2,1H3. The van der Waals surface area contributed by atoms with Crippen LogP contribution in [0.1, 0.15) is 22.3 Å². The smallest absolute Gasteiger partial charge is 0.163 e. The van der Waals surface area contributed by atoms with E-state index in [1.807, 2.05) is 37.5 Å². The summed E-state index contributed by atoms with van der Waals surface area (Å²) in [4.78, 5) is 11.9. The summed E-state index contributed by atoms with van der Waals surface area (Å²) in [5.74, 6) is 0.162. The Balaban J connectivity index is 1.98. The second-order valence-corrected chi connectivity index (χ2v) is 4.87. The highest BCUT2D eigenvalue weighted by Crippen LogP contribution is 2.14. The van der Waals surface area contributed by atoms with Crippen molar-refractivity contribution in [2.75, 3.05) is 0 Å². The van der Waals surface area contributed by atoms with E-state index in [0.29, 0.717) is 6.42 Å². The van der Waals surface area contributed by atoms with Crippen LogP contribution in [0.25, 0.3) is 0 Å². The van der Waals surface area contributed by atoms with E-state index in [4.69, 9.17) is 0 Å². The minimum absolute atomic E-state index is 0.162. The first-order valence-electron chi connectivity index (χ1n) is 5.41. The number of aromatic nitrogens is 2. The lowest BCUT2D eigenvalue weighted by Crippen LogP contribution is -2.00. The Morgan fingerprint density at radius 2 is 2.29 bits per heavy atom. The molecule has 1 aromatic carbocycles. The van der Waals surface area contributed by atoms with E-state index >= 15 is 0 Å². The molecule has 0 unspecified atom stereocenters. The molecule has 0 aliphatic rings. The van der Waals surface area contributed by atoms with Crippen molar-refractivity contribution in [1.29, 1.82) is 0 Å². The summed E-state index contributed by atoms with van der Waals surface area (Å²) in [7, 11) is 1.87. The molecular formula is C13H13BrN2O. The number of hydrogen-bond donors (Lipinski definition) is 0. The third kappa shape index (κ3) is 3.27. The number of halogens is 1. The van der Waals surface area contributed by atoms with E-state index in [1.165, 1.54) is 0 Å². The molecule has 1 heterocycles. The summed E-state index contributed by atoms with van der Waals surface area (Å²) >= 11 is 3.36. The molecular weight excluding hydrogens is 280 g/mol. The minimum Gasteiger partial charge on any atom is -0.294 e. The number of carbonyl (C=O) groups is 1. The third-order valence-corrected chi connectivity index (χ3v) is 3.04. The van der Waals surface area contributed by atoms with Crippen molar-refractivity contribution in [1.82, 2.24) is 9.78 Å². The zero-order valence-corrected chi connectivity index (χ0v) is 11.1. The fourth-order valence-corrected chi connectivity index (χ4v) is 2.06. The average Bonchev–Trinajstić information content (AvgIpc) is 2.72. The zero-order valence-electron chi connectivity index (χ0n) is 9.56. The van der Waals surface area contributed by atoms with Gasteiger partial charge in [-0.15, -0.1) is 0 Å². The van der Waals surface area contributed by atoms with Crippen LogP contribution in [0.5, 0.6) is 0 Å². The van der Waals surface area contributed by atoms with Crippen LogP contribution in [0.15, 0.2) is 41.1 Å². The number of aryl methyl sites for hydroxylation is 2.